The number of nitrogens with one attached hydrogen (secondary N) is 1. The molecular formula is C14H16N2O. The summed E-state index contributed by atoms with van der Waals surface area (Å²) in [4.78, 5) is 4.19. The van der Waals surface area contributed by atoms with Gasteiger partial charge in [0.15, 0.2) is 0 Å². The zero-order chi connectivity index (χ0) is 11.7. The lowest BCUT2D eigenvalue weighted by atomic mass is 10.0. The van der Waals surface area contributed by atoms with E-state index in [9.17, 15) is 5.11 Å². The molecule has 1 heterocycles. The molecule has 0 amide bonds. The average Bonchev–Trinajstić information content (AvgIpc) is 3.19. The van der Waals surface area contributed by atoms with Crippen LogP contribution in [0.5, 0.6) is 0 Å². The molecule has 1 aromatic carbocycles. The fourth-order valence-corrected chi connectivity index (χ4v) is 2.08. The molecule has 88 valence electrons. The SMILES string of the molecule is OC(CNC1CC1)c1cncc2ccccc12. The third-order valence-electron chi connectivity index (χ3n) is 3.24. The summed E-state index contributed by atoms with van der Waals surface area (Å²) in [6.07, 6.45) is 5.59. The van der Waals surface area contributed by atoms with Crippen LogP contribution in [0.1, 0.15) is 24.5 Å². The lowest BCUT2D eigenvalue weighted by molar-refractivity contribution is 0.175. The average molecular weight is 228 g/mol. The highest BCUT2D eigenvalue weighted by molar-refractivity contribution is 5.84. The van der Waals surface area contributed by atoms with Gasteiger partial charge in [-0.3, -0.25) is 4.98 Å². The van der Waals surface area contributed by atoms with Crippen molar-refractivity contribution in [2.45, 2.75) is 25.0 Å². The summed E-state index contributed by atoms with van der Waals surface area (Å²) >= 11 is 0. The van der Waals surface area contributed by atoms with Crippen LogP contribution in [0.2, 0.25) is 0 Å². The second kappa shape index (κ2) is 4.43. The molecule has 1 aliphatic carbocycles. The molecule has 2 aromatic rings. The maximum absolute atomic E-state index is 10.2. The second-order valence-corrected chi connectivity index (χ2v) is 4.65. The smallest absolute Gasteiger partial charge is 0.0935 e. The Balaban J connectivity index is 1.87. The van der Waals surface area contributed by atoms with E-state index in [0.717, 1.165) is 16.3 Å². The summed E-state index contributed by atoms with van der Waals surface area (Å²) in [5.74, 6) is 0. The number of benzene rings is 1. The van der Waals surface area contributed by atoms with Crippen molar-refractivity contribution < 1.29 is 5.11 Å². The predicted molar refractivity (Wildman–Crippen MR) is 67.7 cm³/mol. The third-order valence-corrected chi connectivity index (χ3v) is 3.24. The van der Waals surface area contributed by atoms with Crippen LogP contribution in [0, 0.1) is 0 Å². The van der Waals surface area contributed by atoms with E-state index >= 15 is 0 Å². The van der Waals surface area contributed by atoms with Crippen molar-refractivity contribution in [1.82, 2.24) is 10.3 Å². The fraction of sp³-hybridized carbons (Fsp3) is 0.357. The molecule has 0 aliphatic heterocycles. The molecule has 1 atom stereocenters. The van der Waals surface area contributed by atoms with Crippen molar-refractivity contribution in [3.8, 4) is 0 Å². The van der Waals surface area contributed by atoms with Gasteiger partial charge in [-0.15, -0.1) is 0 Å². The summed E-state index contributed by atoms with van der Waals surface area (Å²) < 4.78 is 0. The van der Waals surface area contributed by atoms with Gasteiger partial charge in [0, 0.05) is 35.9 Å². The van der Waals surface area contributed by atoms with Gasteiger partial charge in [0.1, 0.15) is 0 Å². The quantitative estimate of drug-likeness (QED) is 0.841. The van der Waals surface area contributed by atoms with Crippen molar-refractivity contribution in [3.63, 3.8) is 0 Å². The number of aliphatic hydroxyl groups is 1. The van der Waals surface area contributed by atoms with Crippen molar-refractivity contribution in [2.24, 2.45) is 0 Å². The van der Waals surface area contributed by atoms with E-state index in [1.165, 1.54) is 12.8 Å². The van der Waals surface area contributed by atoms with E-state index < -0.39 is 6.10 Å². The van der Waals surface area contributed by atoms with Crippen LogP contribution in [0.25, 0.3) is 10.8 Å². The van der Waals surface area contributed by atoms with Gasteiger partial charge in [0.05, 0.1) is 6.10 Å². The Morgan fingerprint density at radius 1 is 1.29 bits per heavy atom. The predicted octanol–water partition coefficient (Wildman–Crippen LogP) is 2.02. The van der Waals surface area contributed by atoms with Crippen LogP contribution in [0.15, 0.2) is 36.7 Å². The first-order valence-corrected chi connectivity index (χ1v) is 6.08. The van der Waals surface area contributed by atoms with Gasteiger partial charge in [-0.25, -0.2) is 0 Å². The van der Waals surface area contributed by atoms with Crippen LogP contribution in [0.4, 0.5) is 0 Å². The molecule has 3 heteroatoms. The number of hydrogen-bond donors (Lipinski definition) is 2. The van der Waals surface area contributed by atoms with Crippen molar-refractivity contribution in [2.75, 3.05) is 6.54 Å². The minimum absolute atomic E-state index is 0.478. The first-order valence-electron chi connectivity index (χ1n) is 6.08. The number of aliphatic hydroxyl groups excluding tert-OH is 1. The minimum atomic E-state index is -0.478. The van der Waals surface area contributed by atoms with E-state index in [2.05, 4.69) is 10.3 Å². The third kappa shape index (κ3) is 2.30. The van der Waals surface area contributed by atoms with Crippen LogP contribution >= 0.6 is 0 Å². The first-order chi connectivity index (χ1) is 8.34. The molecule has 17 heavy (non-hydrogen) atoms. The van der Waals surface area contributed by atoms with Gasteiger partial charge in [0.25, 0.3) is 0 Å². The highest BCUT2D eigenvalue weighted by Crippen LogP contribution is 2.24. The molecule has 1 aliphatic rings. The molecule has 0 bridgehead atoms. The Bertz CT molecular complexity index is 517. The summed E-state index contributed by atoms with van der Waals surface area (Å²) in [6, 6.07) is 8.65. The monoisotopic (exact) mass is 228 g/mol. The molecule has 1 unspecified atom stereocenters. The van der Waals surface area contributed by atoms with Crippen LogP contribution < -0.4 is 5.32 Å². The van der Waals surface area contributed by atoms with Crippen molar-refractivity contribution in [3.05, 3.63) is 42.2 Å². The van der Waals surface area contributed by atoms with Gasteiger partial charge < -0.3 is 10.4 Å². The van der Waals surface area contributed by atoms with Crippen LogP contribution in [-0.2, 0) is 0 Å². The van der Waals surface area contributed by atoms with E-state index in [1.807, 2.05) is 30.5 Å². The lowest BCUT2D eigenvalue weighted by Crippen LogP contribution is -2.23. The minimum Gasteiger partial charge on any atom is -0.387 e. The summed E-state index contributed by atoms with van der Waals surface area (Å²) in [7, 11) is 0. The van der Waals surface area contributed by atoms with Crippen molar-refractivity contribution >= 4 is 10.8 Å². The number of pyridine rings is 1. The number of nitrogens with zero attached hydrogens (tertiary/aromatic N) is 1. The Labute approximate surface area is 100 Å². The molecular weight excluding hydrogens is 212 g/mol. The number of rotatable bonds is 4. The highest BCUT2D eigenvalue weighted by Gasteiger charge is 2.22. The topological polar surface area (TPSA) is 45.1 Å². The molecule has 0 spiro atoms. The molecule has 0 saturated heterocycles. The summed E-state index contributed by atoms with van der Waals surface area (Å²) in [5.41, 5.74) is 0.913. The number of hydrogen-bond acceptors (Lipinski definition) is 3. The Kier molecular flexibility index (Phi) is 2.79. The maximum Gasteiger partial charge on any atom is 0.0935 e. The molecule has 1 fully saturated rings. The van der Waals surface area contributed by atoms with Crippen LogP contribution in [-0.4, -0.2) is 22.7 Å². The van der Waals surface area contributed by atoms with Crippen LogP contribution in [0.3, 0.4) is 0 Å². The van der Waals surface area contributed by atoms with Gasteiger partial charge in [-0.2, -0.15) is 0 Å². The molecule has 0 radical (unpaired) electrons. The number of fused-ring (bicyclic) bond motifs is 1. The largest absolute Gasteiger partial charge is 0.387 e. The maximum atomic E-state index is 10.2. The van der Waals surface area contributed by atoms with Gasteiger partial charge in [-0.05, 0) is 18.2 Å². The van der Waals surface area contributed by atoms with Gasteiger partial charge in [0.2, 0.25) is 0 Å². The van der Waals surface area contributed by atoms with E-state index in [4.69, 9.17) is 0 Å². The zero-order valence-corrected chi connectivity index (χ0v) is 9.63. The summed E-state index contributed by atoms with van der Waals surface area (Å²) in [5, 5.41) is 15.7. The normalized spacial score (nSPS) is 17.2. The zero-order valence-electron chi connectivity index (χ0n) is 9.63. The molecule has 3 nitrogen and oxygen atoms in total. The molecule has 1 saturated carbocycles. The Morgan fingerprint density at radius 2 is 2.12 bits per heavy atom. The van der Waals surface area contributed by atoms with Gasteiger partial charge >= 0.3 is 0 Å². The molecule has 3 rings (SSSR count). The standard InChI is InChI=1S/C14H16N2O/c17-14(9-16-11-5-6-11)13-8-15-7-10-3-1-2-4-12(10)13/h1-4,7-8,11,14,16-17H,5-6,9H2. The Hall–Kier alpha value is -1.45. The molecule has 1 aromatic heterocycles. The highest BCUT2D eigenvalue weighted by atomic mass is 16.3. The van der Waals surface area contributed by atoms with Crippen molar-refractivity contribution in [1.29, 1.82) is 0 Å². The summed E-state index contributed by atoms with van der Waals surface area (Å²) in [6.45, 7) is 0.611. The second-order valence-electron chi connectivity index (χ2n) is 4.65. The molecule has 2 N–H and O–H groups in total. The van der Waals surface area contributed by atoms with Gasteiger partial charge in [-0.1, -0.05) is 24.3 Å². The number of aromatic nitrogens is 1. The van der Waals surface area contributed by atoms with E-state index in [-0.39, 0.29) is 0 Å². The lowest BCUT2D eigenvalue weighted by Gasteiger charge is -2.13. The fourth-order valence-electron chi connectivity index (χ4n) is 2.08. The first kappa shape index (κ1) is 10.7. The van der Waals surface area contributed by atoms with E-state index in [1.54, 1.807) is 6.20 Å². The van der Waals surface area contributed by atoms with E-state index in [0.29, 0.717) is 12.6 Å². The Morgan fingerprint density at radius 3 is 2.94 bits per heavy atom.